The van der Waals surface area contributed by atoms with Crippen molar-refractivity contribution in [3.63, 3.8) is 0 Å². The number of fused-ring (bicyclic) bond motifs is 1. The zero-order valence-electron chi connectivity index (χ0n) is 13.4. The van der Waals surface area contributed by atoms with E-state index in [0.717, 1.165) is 22.2 Å². The van der Waals surface area contributed by atoms with Crippen LogP contribution in [-0.2, 0) is 10.0 Å². The van der Waals surface area contributed by atoms with Crippen LogP contribution in [0.5, 0.6) is 0 Å². The van der Waals surface area contributed by atoms with E-state index in [1.54, 1.807) is 36.5 Å². The van der Waals surface area contributed by atoms with Gasteiger partial charge in [0.1, 0.15) is 0 Å². The highest BCUT2D eigenvalue weighted by molar-refractivity contribution is 7.89. The van der Waals surface area contributed by atoms with Crippen LogP contribution in [0.3, 0.4) is 0 Å². The Kier molecular flexibility index (Phi) is 4.78. The molecule has 3 aromatic rings. The van der Waals surface area contributed by atoms with Crippen molar-refractivity contribution in [3.8, 4) is 0 Å². The van der Waals surface area contributed by atoms with Crippen LogP contribution in [-0.4, -0.2) is 26.5 Å². The van der Waals surface area contributed by atoms with Gasteiger partial charge in [-0.15, -0.1) is 0 Å². The smallest absolute Gasteiger partial charge is 0.240 e. The molecular weight excluding hydrogens is 322 g/mol. The lowest BCUT2D eigenvalue weighted by molar-refractivity contribution is 0.583. The maximum absolute atomic E-state index is 12.2. The Morgan fingerprint density at radius 2 is 1.79 bits per heavy atom. The second-order valence-corrected chi connectivity index (χ2v) is 7.28. The summed E-state index contributed by atoms with van der Waals surface area (Å²) in [5.74, 6) is 0. The molecule has 2 N–H and O–H groups in total. The molecule has 0 fully saturated rings. The summed E-state index contributed by atoms with van der Waals surface area (Å²) in [6.07, 6.45) is 1.74. The standard InChI is InChI=1S/C18H19N3O2S/c1-14-7-8-17-16(13-14)18(9-10-19-17)20-11-12-21-24(22,23)15-5-3-2-4-6-15/h2-10,13,21H,11-12H2,1H3,(H,19,20). The zero-order chi connectivity index (χ0) is 17.0. The first-order valence-corrected chi connectivity index (χ1v) is 9.18. The SMILES string of the molecule is Cc1ccc2nccc(NCCNS(=O)(=O)c3ccccc3)c2c1. The molecule has 0 amide bonds. The third kappa shape index (κ3) is 3.72. The van der Waals surface area contributed by atoms with Gasteiger partial charge in [0.25, 0.3) is 0 Å². The van der Waals surface area contributed by atoms with E-state index in [1.165, 1.54) is 0 Å². The molecule has 0 atom stereocenters. The van der Waals surface area contributed by atoms with E-state index in [4.69, 9.17) is 0 Å². The molecule has 6 heteroatoms. The summed E-state index contributed by atoms with van der Waals surface area (Å²) in [5.41, 5.74) is 3.02. The van der Waals surface area contributed by atoms with Crippen LogP contribution in [0.25, 0.3) is 10.9 Å². The Hall–Kier alpha value is -2.44. The van der Waals surface area contributed by atoms with Gasteiger partial charge >= 0.3 is 0 Å². The van der Waals surface area contributed by atoms with E-state index in [2.05, 4.69) is 21.1 Å². The molecule has 0 aliphatic heterocycles. The fourth-order valence-corrected chi connectivity index (χ4v) is 3.53. The van der Waals surface area contributed by atoms with Crippen molar-refractivity contribution in [1.82, 2.24) is 9.71 Å². The van der Waals surface area contributed by atoms with Gasteiger partial charge in [-0.05, 0) is 37.3 Å². The van der Waals surface area contributed by atoms with Gasteiger partial charge in [-0.3, -0.25) is 4.98 Å². The Morgan fingerprint density at radius 1 is 1.00 bits per heavy atom. The summed E-state index contributed by atoms with van der Waals surface area (Å²) in [6.45, 7) is 2.82. The average molecular weight is 341 g/mol. The maximum Gasteiger partial charge on any atom is 0.240 e. The Labute approximate surface area is 141 Å². The topological polar surface area (TPSA) is 71.1 Å². The van der Waals surface area contributed by atoms with Crippen LogP contribution >= 0.6 is 0 Å². The molecule has 24 heavy (non-hydrogen) atoms. The Bertz CT molecular complexity index is 941. The van der Waals surface area contributed by atoms with Crippen molar-refractivity contribution in [2.24, 2.45) is 0 Å². The van der Waals surface area contributed by atoms with Gasteiger partial charge in [-0.1, -0.05) is 29.8 Å². The van der Waals surface area contributed by atoms with Crippen molar-refractivity contribution in [2.75, 3.05) is 18.4 Å². The molecule has 3 rings (SSSR count). The molecule has 124 valence electrons. The number of aryl methyl sites for hydroxylation is 1. The Morgan fingerprint density at radius 3 is 2.58 bits per heavy atom. The largest absolute Gasteiger partial charge is 0.383 e. The summed E-state index contributed by atoms with van der Waals surface area (Å²) < 4.78 is 26.9. The van der Waals surface area contributed by atoms with Crippen molar-refractivity contribution < 1.29 is 8.42 Å². The summed E-state index contributed by atoms with van der Waals surface area (Å²) in [6, 6.07) is 16.3. The minimum absolute atomic E-state index is 0.273. The van der Waals surface area contributed by atoms with Gasteiger partial charge in [0.2, 0.25) is 10.0 Å². The first kappa shape index (κ1) is 16.4. The van der Waals surface area contributed by atoms with E-state index in [1.807, 2.05) is 25.1 Å². The van der Waals surface area contributed by atoms with E-state index >= 15 is 0 Å². The van der Waals surface area contributed by atoms with Crippen LogP contribution in [0, 0.1) is 6.92 Å². The number of anilines is 1. The average Bonchev–Trinajstić information content (AvgIpc) is 2.59. The fourth-order valence-electron chi connectivity index (χ4n) is 2.48. The number of benzene rings is 2. The molecule has 1 heterocycles. The van der Waals surface area contributed by atoms with E-state index in [9.17, 15) is 8.42 Å². The van der Waals surface area contributed by atoms with Gasteiger partial charge in [0, 0.05) is 30.4 Å². The van der Waals surface area contributed by atoms with Gasteiger partial charge in [-0.2, -0.15) is 0 Å². The highest BCUT2D eigenvalue weighted by Crippen LogP contribution is 2.22. The molecule has 0 radical (unpaired) electrons. The number of rotatable bonds is 6. The third-order valence-electron chi connectivity index (χ3n) is 3.68. The molecular formula is C18H19N3O2S. The lowest BCUT2D eigenvalue weighted by Crippen LogP contribution is -2.28. The molecule has 0 saturated carbocycles. The summed E-state index contributed by atoms with van der Waals surface area (Å²) in [7, 11) is -3.47. The third-order valence-corrected chi connectivity index (χ3v) is 5.16. The maximum atomic E-state index is 12.2. The quantitative estimate of drug-likeness (QED) is 0.676. The van der Waals surface area contributed by atoms with Crippen molar-refractivity contribution in [1.29, 1.82) is 0 Å². The number of aromatic nitrogens is 1. The molecule has 0 aliphatic carbocycles. The van der Waals surface area contributed by atoms with Gasteiger partial charge in [0.15, 0.2) is 0 Å². The minimum atomic E-state index is -3.47. The van der Waals surface area contributed by atoms with Gasteiger partial charge < -0.3 is 5.32 Å². The van der Waals surface area contributed by atoms with Gasteiger partial charge in [-0.25, -0.2) is 13.1 Å². The first-order chi connectivity index (χ1) is 11.6. The molecule has 0 unspecified atom stereocenters. The lowest BCUT2D eigenvalue weighted by Gasteiger charge is -2.11. The van der Waals surface area contributed by atoms with Crippen molar-refractivity contribution >= 4 is 26.6 Å². The van der Waals surface area contributed by atoms with Gasteiger partial charge in [0.05, 0.1) is 10.4 Å². The Balaban J connectivity index is 1.64. The summed E-state index contributed by atoms with van der Waals surface area (Å²) >= 11 is 0. The molecule has 0 bridgehead atoms. The number of pyridine rings is 1. The molecule has 2 aromatic carbocycles. The number of hydrogen-bond donors (Lipinski definition) is 2. The zero-order valence-corrected chi connectivity index (χ0v) is 14.2. The highest BCUT2D eigenvalue weighted by Gasteiger charge is 2.12. The molecule has 0 spiro atoms. The highest BCUT2D eigenvalue weighted by atomic mass is 32.2. The number of nitrogens with zero attached hydrogens (tertiary/aromatic N) is 1. The van der Waals surface area contributed by atoms with Crippen LogP contribution in [0.4, 0.5) is 5.69 Å². The predicted molar refractivity (Wildman–Crippen MR) is 96.6 cm³/mol. The van der Waals surface area contributed by atoms with Crippen molar-refractivity contribution in [2.45, 2.75) is 11.8 Å². The number of sulfonamides is 1. The molecule has 5 nitrogen and oxygen atoms in total. The minimum Gasteiger partial charge on any atom is -0.383 e. The monoisotopic (exact) mass is 341 g/mol. The van der Waals surface area contributed by atoms with Crippen LogP contribution in [0.2, 0.25) is 0 Å². The predicted octanol–water partition coefficient (Wildman–Crippen LogP) is 2.93. The van der Waals surface area contributed by atoms with Crippen LogP contribution in [0.15, 0.2) is 65.7 Å². The van der Waals surface area contributed by atoms with Crippen LogP contribution in [0.1, 0.15) is 5.56 Å². The second kappa shape index (κ2) is 6.98. The first-order valence-electron chi connectivity index (χ1n) is 7.70. The van der Waals surface area contributed by atoms with E-state index in [0.29, 0.717) is 13.1 Å². The van der Waals surface area contributed by atoms with Crippen LogP contribution < -0.4 is 10.0 Å². The van der Waals surface area contributed by atoms with E-state index in [-0.39, 0.29) is 4.90 Å². The normalized spacial score (nSPS) is 11.5. The second-order valence-electron chi connectivity index (χ2n) is 5.52. The summed E-state index contributed by atoms with van der Waals surface area (Å²) in [4.78, 5) is 4.61. The fraction of sp³-hybridized carbons (Fsp3) is 0.167. The molecule has 1 aromatic heterocycles. The molecule has 0 saturated heterocycles. The summed E-state index contributed by atoms with van der Waals surface area (Å²) in [5, 5.41) is 4.30. The number of nitrogens with one attached hydrogen (secondary N) is 2. The number of hydrogen-bond acceptors (Lipinski definition) is 4. The molecule has 0 aliphatic rings. The van der Waals surface area contributed by atoms with E-state index < -0.39 is 10.0 Å². The lowest BCUT2D eigenvalue weighted by atomic mass is 10.1. The van der Waals surface area contributed by atoms with Crippen molar-refractivity contribution in [3.05, 3.63) is 66.4 Å².